The Labute approximate surface area is 165 Å². The molecule has 2 amide bonds. The van der Waals surface area contributed by atoms with Crippen LogP contribution < -0.4 is 5.32 Å². The van der Waals surface area contributed by atoms with E-state index in [0.717, 1.165) is 36.8 Å². The molecule has 2 fully saturated rings. The highest BCUT2D eigenvalue weighted by atomic mass is 16.3. The molecule has 1 aliphatic carbocycles. The van der Waals surface area contributed by atoms with E-state index in [1.807, 2.05) is 36.4 Å². The van der Waals surface area contributed by atoms with Crippen LogP contribution in [-0.4, -0.2) is 41.0 Å². The average molecular weight is 378 g/mol. The molecule has 2 aromatic carbocycles. The molecule has 2 aliphatic rings. The van der Waals surface area contributed by atoms with Gasteiger partial charge in [-0.2, -0.15) is 0 Å². The summed E-state index contributed by atoms with van der Waals surface area (Å²) in [4.78, 5) is 27.2. The van der Waals surface area contributed by atoms with Crippen molar-refractivity contribution in [1.82, 2.24) is 10.2 Å². The van der Waals surface area contributed by atoms with Gasteiger partial charge in [0.15, 0.2) is 0 Å². The van der Waals surface area contributed by atoms with E-state index in [-0.39, 0.29) is 23.5 Å². The lowest BCUT2D eigenvalue weighted by atomic mass is 9.95. The van der Waals surface area contributed by atoms with Crippen LogP contribution in [0.25, 0.3) is 0 Å². The molecule has 1 saturated carbocycles. The van der Waals surface area contributed by atoms with Crippen LogP contribution in [0.1, 0.15) is 47.2 Å². The van der Waals surface area contributed by atoms with Gasteiger partial charge in [-0.15, -0.1) is 0 Å². The van der Waals surface area contributed by atoms with Gasteiger partial charge in [0.05, 0.1) is 11.5 Å². The Morgan fingerprint density at radius 1 is 1.04 bits per heavy atom. The van der Waals surface area contributed by atoms with Crippen molar-refractivity contribution in [3.8, 4) is 5.75 Å². The fraction of sp³-hybridized carbons (Fsp3) is 0.391. The van der Waals surface area contributed by atoms with Crippen molar-refractivity contribution >= 4 is 11.8 Å². The third kappa shape index (κ3) is 4.35. The summed E-state index contributed by atoms with van der Waals surface area (Å²) in [5.74, 6) is -0.308. The molecule has 1 atom stereocenters. The molecule has 0 aromatic heterocycles. The summed E-state index contributed by atoms with van der Waals surface area (Å²) in [6.45, 7) is 1.04. The second-order valence-corrected chi connectivity index (χ2v) is 7.89. The van der Waals surface area contributed by atoms with Gasteiger partial charge >= 0.3 is 0 Å². The first-order valence-corrected chi connectivity index (χ1v) is 10.1. The van der Waals surface area contributed by atoms with Gasteiger partial charge in [-0.25, -0.2) is 0 Å². The number of aromatic hydroxyl groups is 1. The molecule has 1 saturated heterocycles. The van der Waals surface area contributed by atoms with Gasteiger partial charge in [0, 0.05) is 19.1 Å². The van der Waals surface area contributed by atoms with Crippen molar-refractivity contribution < 1.29 is 14.7 Å². The zero-order valence-electron chi connectivity index (χ0n) is 15.9. The Morgan fingerprint density at radius 2 is 1.82 bits per heavy atom. The number of piperidine rings is 1. The fourth-order valence-electron chi connectivity index (χ4n) is 3.79. The van der Waals surface area contributed by atoms with Crippen LogP contribution in [0, 0.1) is 5.92 Å². The maximum absolute atomic E-state index is 13.1. The molecule has 2 N–H and O–H groups in total. The molecular formula is C23H26N2O3. The van der Waals surface area contributed by atoms with Gasteiger partial charge in [-0.1, -0.05) is 36.4 Å². The van der Waals surface area contributed by atoms with Crippen LogP contribution in [0.15, 0.2) is 48.5 Å². The van der Waals surface area contributed by atoms with Crippen molar-refractivity contribution in [2.75, 3.05) is 13.1 Å². The minimum Gasteiger partial charge on any atom is -0.507 e. The van der Waals surface area contributed by atoms with Crippen LogP contribution in [-0.2, 0) is 11.2 Å². The standard InChI is InChI=1S/C23H26N2O3/c26-21-11-8-17(13-16-5-2-1-3-6-16)14-20(21)23(28)25-12-4-7-18(15-25)22(27)24-19-9-10-19/h1-3,5-6,8,11,14,18-19,26H,4,7,9-10,12-13,15H2,(H,24,27). The van der Waals surface area contributed by atoms with Crippen LogP contribution in [0.4, 0.5) is 0 Å². The van der Waals surface area contributed by atoms with Gasteiger partial charge in [0.1, 0.15) is 5.75 Å². The number of hydrogen-bond donors (Lipinski definition) is 2. The molecule has 146 valence electrons. The van der Waals surface area contributed by atoms with Crippen molar-refractivity contribution in [3.63, 3.8) is 0 Å². The summed E-state index contributed by atoms with van der Waals surface area (Å²) in [6, 6.07) is 15.6. The average Bonchev–Trinajstić information content (AvgIpc) is 3.54. The van der Waals surface area contributed by atoms with E-state index in [0.29, 0.717) is 31.1 Å². The smallest absolute Gasteiger partial charge is 0.257 e. The van der Waals surface area contributed by atoms with Gasteiger partial charge in [-0.3, -0.25) is 9.59 Å². The van der Waals surface area contributed by atoms with E-state index in [9.17, 15) is 14.7 Å². The molecule has 1 unspecified atom stereocenters. The van der Waals surface area contributed by atoms with E-state index in [1.54, 1.807) is 17.0 Å². The quantitative estimate of drug-likeness (QED) is 0.840. The molecule has 28 heavy (non-hydrogen) atoms. The first kappa shape index (κ1) is 18.5. The first-order chi connectivity index (χ1) is 13.6. The van der Waals surface area contributed by atoms with Crippen LogP contribution >= 0.6 is 0 Å². The number of carbonyl (C=O) groups is 2. The lowest BCUT2D eigenvalue weighted by molar-refractivity contribution is -0.126. The van der Waals surface area contributed by atoms with E-state index in [4.69, 9.17) is 0 Å². The lowest BCUT2D eigenvalue weighted by Gasteiger charge is -2.32. The van der Waals surface area contributed by atoms with Gasteiger partial charge in [-0.05, 0) is 55.4 Å². The van der Waals surface area contributed by atoms with Gasteiger partial charge < -0.3 is 15.3 Å². The normalized spacial score (nSPS) is 19.3. The molecule has 1 aliphatic heterocycles. The number of phenolic OH excluding ortho intramolecular Hbond substituents is 1. The topological polar surface area (TPSA) is 69.6 Å². The highest BCUT2D eigenvalue weighted by Gasteiger charge is 2.32. The highest BCUT2D eigenvalue weighted by Crippen LogP contribution is 2.26. The molecule has 0 spiro atoms. The summed E-state index contributed by atoms with van der Waals surface area (Å²) >= 11 is 0. The van der Waals surface area contributed by atoms with Crippen LogP contribution in [0.3, 0.4) is 0 Å². The number of likely N-dealkylation sites (tertiary alicyclic amines) is 1. The summed E-state index contributed by atoms with van der Waals surface area (Å²) in [5.41, 5.74) is 2.45. The zero-order chi connectivity index (χ0) is 19.5. The maximum Gasteiger partial charge on any atom is 0.257 e. The number of benzene rings is 2. The minimum atomic E-state index is -0.198. The zero-order valence-corrected chi connectivity index (χ0v) is 15.9. The van der Waals surface area contributed by atoms with Crippen LogP contribution in [0.2, 0.25) is 0 Å². The molecule has 0 radical (unpaired) electrons. The van der Waals surface area contributed by atoms with Crippen molar-refractivity contribution in [2.24, 2.45) is 5.92 Å². The number of rotatable bonds is 5. The monoisotopic (exact) mass is 378 g/mol. The fourth-order valence-corrected chi connectivity index (χ4v) is 3.79. The Bertz CT molecular complexity index is 861. The molecule has 5 nitrogen and oxygen atoms in total. The summed E-state index contributed by atoms with van der Waals surface area (Å²) in [6.07, 6.45) is 4.43. The third-order valence-corrected chi connectivity index (χ3v) is 5.55. The molecule has 1 heterocycles. The molecule has 0 bridgehead atoms. The summed E-state index contributed by atoms with van der Waals surface area (Å²) < 4.78 is 0. The number of hydrogen-bond acceptors (Lipinski definition) is 3. The minimum absolute atomic E-state index is 0.00799. The Balaban J connectivity index is 1.47. The predicted molar refractivity (Wildman–Crippen MR) is 107 cm³/mol. The van der Waals surface area contributed by atoms with Crippen molar-refractivity contribution in [2.45, 2.75) is 38.1 Å². The number of amides is 2. The lowest BCUT2D eigenvalue weighted by Crippen LogP contribution is -2.45. The maximum atomic E-state index is 13.1. The number of phenols is 1. The predicted octanol–water partition coefficient (Wildman–Crippen LogP) is 3.11. The third-order valence-electron chi connectivity index (χ3n) is 5.55. The summed E-state index contributed by atoms with van der Waals surface area (Å²) in [7, 11) is 0. The Morgan fingerprint density at radius 3 is 2.57 bits per heavy atom. The number of nitrogens with one attached hydrogen (secondary N) is 1. The van der Waals surface area contributed by atoms with Crippen molar-refractivity contribution in [3.05, 3.63) is 65.2 Å². The molecule has 5 heteroatoms. The molecule has 4 rings (SSSR count). The SMILES string of the molecule is O=C(NC1CC1)C1CCCN(C(=O)c2cc(Cc3ccccc3)ccc2O)C1. The van der Waals surface area contributed by atoms with Gasteiger partial charge in [0.2, 0.25) is 5.91 Å². The van der Waals surface area contributed by atoms with E-state index in [2.05, 4.69) is 5.32 Å². The number of nitrogens with zero attached hydrogens (tertiary/aromatic N) is 1. The number of carbonyl (C=O) groups excluding carboxylic acids is 2. The second kappa shape index (κ2) is 8.05. The second-order valence-electron chi connectivity index (χ2n) is 7.89. The van der Waals surface area contributed by atoms with Crippen LogP contribution in [0.5, 0.6) is 5.75 Å². The molecular weight excluding hydrogens is 352 g/mol. The molecule has 2 aromatic rings. The summed E-state index contributed by atoms with van der Waals surface area (Å²) in [5, 5.41) is 13.3. The highest BCUT2D eigenvalue weighted by molar-refractivity contribution is 5.97. The van der Waals surface area contributed by atoms with Gasteiger partial charge in [0.25, 0.3) is 5.91 Å². The van der Waals surface area contributed by atoms with E-state index in [1.165, 1.54) is 0 Å². The van der Waals surface area contributed by atoms with E-state index < -0.39 is 0 Å². The largest absolute Gasteiger partial charge is 0.507 e. The van der Waals surface area contributed by atoms with Crippen molar-refractivity contribution in [1.29, 1.82) is 0 Å². The Hall–Kier alpha value is -2.82. The van der Waals surface area contributed by atoms with E-state index >= 15 is 0 Å². The Kier molecular flexibility index (Phi) is 5.33. The first-order valence-electron chi connectivity index (χ1n) is 10.1.